The van der Waals surface area contributed by atoms with E-state index >= 15 is 0 Å². The number of nitrogens with one attached hydrogen (secondary N) is 2. The first-order valence-corrected chi connectivity index (χ1v) is 17.1. The molecule has 0 heterocycles. The van der Waals surface area contributed by atoms with Gasteiger partial charge in [-0.25, -0.2) is 10.9 Å². The number of unbranched alkanes of at least 4 members (excludes halogenated alkanes) is 4. The van der Waals surface area contributed by atoms with Crippen LogP contribution in [0.25, 0.3) is 0 Å². The molecule has 0 saturated heterocycles. The van der Waals surface area contributed by atoms with Gasteiger partial charge in [-0.3, -0.25) is 9.59 Å². The fraction of sp³-hybridized carbons (Fsp3) is 0.243. The maximum absolute atomic E-state index is 12.3. The third-order valence-corrected chi connectivity index (χ3v) is 8.00. The van der Waals surface area contributed by atoms with Crippen molar-refractivity contribution in [1.29, 1.82) is 0 Å². The van der Waals surface area contributed by atoms with E-state index < -0.39 is 0 Å². The standard InChI is InChI=1S/C37H38Br2N4O4/c38-32-18-20-34(46-26-28-12-6-4-7-13-28)30(22-32)24-40-42-36(44)16-10-2-1-3-11-17-37(45)43-41-25-31-23-33(39)19-21-35(31)47-27-29-14-8-5-9-15-29/h4-9,12-15,18-25H,1-3,10-11,16-17,26-27H2,(H,42,44)(H,43,45)/b40-24-,41-25+. The van der Waals surface area contributed by atoms with E-state index in [9.17, 15) is 9.59 Å². The van der Waals surface area contributed by atoms with Crippen molar-refractivity contribution in [3.8, 4) is 11.5 Å². The molecule has 0 saturated carbocycles. The molecule has 0 aliphatic rings. The minimum absolute atomic E-state index is 0.140. The Morgan fingerprint density at radius 3 is 1.40 bits per heavy atom. The van der Waals surface area contributed by atoms with Crippen molar-refractivity contribution in [2.45, 2.75) is 58.2 Å². The van der Waals surface area contributed by atoms with Gasteiger partial charge in [0.05, 0.1) is 12.4 Å². The molecular weight excluding hydrogens is 724 g/mol. The summed E-state index contributed by atoms with van der Waals surface area (Å²) in [7, 11) is 0. The number of rotatable bonds is 18. The Balaban J connectivity index is 1.08. The van der Waals surface area contributed by atoms with E-state index in [2.05, 4.69) is 52.9 Å². The zero-order chi connectivity index (χ0) is 33.1. The molecule has 2 N–H and O–H groups in total. The second kappa shape index (κ2) is 20.1. The number of carbonyl (C=O) groups excluding carboxylic acids is 2. The van der Waals surface area contributed by atoms with Crippen LogP contribution in [0.3, 0.4) is 0 Å². The normalized spacial score (nSPS) is 11.1. The third kappa shape index (κ3) is 13.5. The molecule has 0 radical (unpaired) electrons. The van der Waals surface area contributed by atoms with E-state index in [-0.39, 0.29) is 11.8 Å². The number of ether oxygens (including phenoxy) is 2. The zero-order valence-electron chi connectivity index (χ0n) is 26.0. The Labute approximate surface area is 292 Å². The molecule has 2 amide bonds. The van der Waals surface area contributed by atoms with Crippen LogP contribution >= 0.6 is 31.9 Å². The minimum atomic E-state index is -0.140. The highest BCUT2D eigenvalue weighted by molar-refractivity contribution is 9.10. The molecule has 4 aromatic carbocycles. The molecule has 0 atom stereocenters. The summed E-state index contributed by atoms with van der Waals surface area (Å²) in [6.07, 6.45) is 8.19. The minimum Gasteiger partial charge on any atom is -0.488 e. The van der Waals surface area contributed by atoms with Gasteiger partial charge in [-0.05, 0) is 60.4 Å². The molecule has 4 aromatic rings. The average molecular weight is 763 g/mol. The summed E-state index contributed by atoms with van der Waals surface area (Å²) in [5.74, 6) is 1.08. The zero-order valence-corrected chi connectivity index (χ0v) is 29.2. The Bertz CT molecular complexity index is 1510. The van der Waals surface area contributed by atoms with Crippen molar-refractivity contribution in [2.24, 2.45) is 10.2 Å². The summed E-state index contributed by atoms with van der Waals surface area (Å²) in [4.78, 5) is 24.6. The Morgan fingerprint density at radius 2 is 0.979 bits per heavy atom. The van der Waals surface area contributed by atoms with Crippen LogP contribution in [0.15, 0.2) is 116 Å². The van der Waals surface area contributed by atoms with Crippen LogP contribution in [0.2, 0.25) is 0 Å². The number of hydrogen-bond donors (Lipinski definition) is 2. The number of hydrazone groups is 2. The second-order valence-electron chi connectivity index (χ2n) is 10.8. The van der Waals surface area contributed by atoms with Crippen LogP contribution in [0.1, 0.15) is 67.2 Å². The third-order valence-electron chi connectivity index (χ3n) is 7.01. The predicted octanol–water partition coefficient (Wildman–Crippen LogP) is 8.70. The SMILES string of the molecule is O=C(CCCCCCCC(=O)N/N=C/c1cc(Br)ccc1OCc1ccccc1)N/N=C\c1cc(Br)ccc1OCc1ccccc1. The predicted molar refractivity (Wildman–Crippen MR) is 194 cm³/mol. The first-order valence-electron chi connectivity index (χ1n) is 15.5. The monoisotopic (exact) mass is 760 g/mol. The van der Waals surface area contributed by atoms with Gasteiger partial charge in [-0.1, -0.05) is 112 Å². The van der Waals surface area contributed by atoms with Crippen molar-refractivity contribution in [1.82, 2.24) is 10.9 Å². The van der Waals surface area contributed by atoms with Gasteiger partial charge < -0.3 is 9.47 Å². The highest BCUT2D eigenvalue weighted by Gasteiger charge is 2.07. The molecule has 0 aliphatic carbocycles. The van der Waals surface area contributed by atoms with Crippen LogP contribution in [0.5, 0.6) is 11.5 Å². The molecule has 244 valence electrons. The molecule has 10 heteroatoms. The molecule has 0 bridgehead atoms. The number of carbonyl (C=O) groups is 2. The van der Waals surface area contributed by atoms with Crippen molar-refractivity contribution in [3.63, 3.8) is 0 Å². The Morgan fingerprint density at radius 1 is 0.574 bits per heavy atom. The highest BCUT2D eigenvalue weighted by atomic mass is 79.9. The Kier molecular flexibility index (Phi) is 15.2. The lowest BCUT2D eigenvalue weighted by Crippen LogP contribution is -2.17. The maximum Gasteiger partial charge on any atom is 0.240 e. The lowest BCUT2D eigenvalue weighted by atomic mass is 10.1. The Hall–Kier alpha value is -4.28. The van der Waals surface area contributed by atoms with Crippen molar-refractivity contribution in [2.75, 3.05) is 0 Å². The van der Waals surface area contributed by atoms with Crippen molar-refractivity contribution in [3.05, 3.63) is 128 Å². The highest BCUT2D eigenvalue weighted by Crippen LogP contribution is 2.24. The van der Waals surface area contributed by atoms with E-state index in [0.717, 1.165) is 63.3 Å². The smallest absolute Gasteiger partial charge is 0.240 e. The molecule has 0 unspecified atom stereocenters. The van der Waals surface area contributed by atoms with Crippen LogP contribution < -0.4 is 20.3 Å². The first kappa shape index (κ1) is 35.6. The van der Waals surface area contributed by atoms with Gasteiger partial charge in [-0.15, -0.1) is 0 Å². The molecule has 8 nitrogen and oxygen atoms in total. The van der Waals surface area contributed by atoms with Gasteiger partial charge >= 0.3 is 0 Å². The largest absolute Gasteiger partial charge is 0.488 e. The average Bonchev–Trinajstić information content (AvgIpc) is 3.08. The lowest BCUT2D eigenvalue weighted by Gasteiger charge is -2.10. The maximum atomic E-state index is 12.3. The van der Waals surface area contributed by atoms with Crippen molar-refractivity contribution < 1.29 is 19.1 Å². The molecule has 0 aromatic heterocycles. The van der Waals surface area contributed by atoms with Crippen molar-refractivity contribution >= 4 is 56.1 Å². The number of hydrogen-bond acceptors (Lipinski definition) is 6. The van der Waals surface area contributed by atoms with E-state index in [1.807, 2.05) is 97.1 Å². The number of benzene rings is 4. The summed E-state index contributed by atoms with van der Waals surface area (Å²) in [6.45, 7) is 0.876. The van der Waals surface area contributed by atoms with Crippen LogP contribution in [0, 0.1) is 0 Å². The van der Waals surface area contributed by atoms with Crippen LogP contribution in [-0.4, -0.2) is 24.2 Å². The molecular formula is C37H38Br2N4O4. The summed E-state index contributed by atoms with van der Waals surface area (Å²) < 4.78 is 13.7. The lowest BCUT2D eigenvalue weighted by molar-refractivity contribution is -0.121. The van der Waals surface area contributed by atoms with E-state index in [1.165, 1.54) is 0 Å². The summed E-state index contributed by atoms with van der Waals surface area (Å²) in [5.41, 5.74) is 8.86. The van der Waals surface area contributed by atoms with Gasteiger partial charge in [0.2, 0.25) is 11.8 Å². The van der Waals surface area contributed by atoms with Gasteiger partial charge in [0.1, 0.15) is 24.7 Å². The van der Waals surface area contributed by atoms with E-state index in [4.69, 9.17) is 9.47 Å². The molecule has 0 aliphatic heterocycles. The van der Waals surface area contributed by atoms with E-state index in [0.29, 0.717) is 37.6 Å². The molecule has 47 heavy (non-hydrogen) atoms. The van der Waals surface area contributed by atoms with Gasteiger partial charge in [-0.2, -0.15) is 10.2 Å². The number of amides is 2. The fourth-order valence-electron chi connectivity index (χ4n) is 4.53. The summed E-state index contributed by atoms with van der Waals surface area (Å²) in [6, 6.07) is 31.2. The summed E-state index contributed by atoms with van der Waals surface area (Å²) in [5, 5.41) is 8.26. The fourth-order valence-corrected chi connectivity index (χ4v) is 5.29. The quantitative estimate of drug-likeness (QED) is 0.0602. The second-order valence-corrected chi connectivity index (χ2v) is 12.6. The summed E-state index contributed by atoms with van der Waals surface area (Å²) >= 11 is 6.96. The van der Waals surface area contributed by atoms with E-state index in [1.54, 1.807) is 12.4 Å². The van der Waals surface area contributed by atoms with Crippen LogP contribution in [0.4, 0.5) is 0 Å². The number of nitrogens with zero attached hydrogens (tertiary/aromatic N) is 2. The number of halogens is 2. The van der Waals surface area contributed by atoms with Gasteiger partial charge in [0, 0.05) is 32.9 Å². The molecule has 0 spiro atoms. The van der Waals surface area contributed by atoms with Gasteiger partial charge in [0.15, 0.2) is 0 Å². The molecule has 0 fully saturated rings. The first-order chi connectivity index (χ1) is 23.0. The molecule has 4 rings (SSSR count). The van der Waals surface area contributed by atoms with Crippen LogP contribution in [-0.2, 0) is 22.8 Å². The van der Waals surface area contributed by atoms with Gasteiger partial charge in [0.25, 0.3) is 0 Å². The topological polar surface area (TPSA) is 101 Å².